The van der Waals surface area contributed by atoms with Crippen LogP contribution >= 0.6 is 24.0 Å². The number of thiophene rings is 1. The minimum absolute atomic E-state index is 0.0366. The van der Waals surface area contributed by atoms with Crippen molar-refractivity contribution in [1.82, 2.24) is 0 Å². The molecule has 0 spiro atoms. The standard InChI is InChI=1S/C13H13NO2S2/c1-14(9-3-5-10(16-2)6-4-9)13(15)12-7-11(17)8-18-12/h3-8,17H,1-2H3. The molecule has 0 bridgehead atoms. The monoisotopic (exact) mass is 279 g/mol. The third-order valence-corrected chi connectivity index (χ3v) is 3.91. The largest absolute Gasteiger partial charge is 0.497 e. The number of rotatable bonds is 3. The van der Waals surface area contributed by atoms with Gasteiger partial charge in [0.15, 0.2) is 0 Å². The summed E-state index contributed by atoms with van der Waals surface area (Å²) in [5.74, 6) is 0.735. The highest BCUT2D eigenvalue weighted by atomic mass is 32.1. The quantitative estimate of drug-likeness (QED) is 0.873. The number of thiol groups is 1. The zero-order chi connectivity index (χ0) is 13.1. The topological polar surface area (TPSA) is 29.5 Å². The van der Waals surface area contributed by atoms with E-state index in [0.717, 1.165) is 16.3 Å². The van der Waals surface area contributed by atoms with Crippen LogP contribution in [0.25, 0.3) is 0 Å². The molecular weight excluding hydrogens is 266 g/mol. The number of anilines is 1. The average Bonchev–Trinajstić information content (AvgIpc) is 2.84. The van der Waals surface area contributed by atoms with E-state index in [4.69, 9.17) is 4.74 Å². The molecule has 1 heterocycles. The Kier molecular flexibility index (Phi) is 3.93. The fraction of sp³-hybridized carbons (Fsp3) is 0.154. The molecule has 0 saturated carbocycles. The van der Waals surface area contributed by atoms with Crippen molar-refractivity contribution in [3.05, 3.63) is 40.6 Å². The zero-order valence-electron chi connectivity index (χ0n) is 10.1. The summed E-state index contributed by atoms with van der Waals surface area (Å²) in [5, 5.41) is 1.85. The Labute approximate surface area is 115 Å². The molecule has 0 unspecified atom stereocenters. The second-order valence-corrected chi connectivity index (χ2v) is 5.16. The van der Waals surface area contributed by atoms with Crippen LogP contribution in [0.2, 0.25) is 0 Å². The fourth-order valence-electron chi connectivity index (χ4n) is 1.53. The Balaban J connectivity index is 2.19. The summed E-state index contributed by atoms with van der Waals surface area (Å²) in [6.45, 7) is 0. The van der Waals surface area contributed by atoms with Gasteiger partial charge in [0.2, 0.25) is 0 Å². The molecule has 0 aliphatic heterocycles. The number of benzene rings is 1. The molecule has 0 fully saturated rings. The van der Waals surface area contributed by atoms with Gasteiger partial charge in [-0.05, 0) is 30.3 Å². The van der Waals surface area contributed by atoms with E-state index in [1.165, 1.54) is 11.3 Å². The summed E-state index contributed by atoms with van der Waals surface area (Å²) in [6, 6.07) is 9.14. The first kappa shape index (κ1) is 13.0. The van der Waals surface area contributed by atoms with Gasteiger partial charge in [0.25, 0.3) is 5.91 Å². The highest BCUT2D eigenvalue weighted by molar-refractivity contribution is 7.80. The van der Waals surface area contributed by atoms with Crippen molar-refractivity contribution < 1.29 is 9.53 Å². The SMILES string of the molecule is COc1ccc(N(C)C(=O)c2cc(S)cs2)cc1. The highest BCUT2D eigenvalue weighted by Gasteiger charge is 2.15. The molecule has 0 atom stereocenters. The van der Waals surface area contributed by atoms with Gasteiger partial charge in [-0.15, -0.1) is 24.0 Å². The predicted molar refractivity (Wildman–Crippen MR) is 77.3 cm³/mol. The maximum atomic E-state index is 12.2. The summed E-state index contributed by atoms with van der Waals surface area (Å²) in [5.41, 5.74) is 0.829. The first-order valence-electron chi connectivity index (χ1n) is 5.31. The van der Waals surface area contributed by atoms with Crippen LogP contribution in [0.15, 0.2) is 40.6 Å². The number of carbonyl (C=O) groups excluding carboxylic acids is 1. The van der Waals surface area contributed by atoms with Crippen molar-refractivity contribution in [1.29, 1.82) is 0 Å². The van der Waals surface area contributed by atoms with Crippen molar-refractivity contribution in [2.24, 2.45) is 0 Å². The van der Waals surface area contributed by atoms with Gasteiger partial charge in [-0.25, -0.2) is 0 Å². The van der Waals surface area contributed by atoms with Crippen molar-refractivity contribution in [2.75, 3.05) is 19.1 Å². The molecule has 94 valence electrons. The Morgan fingerprint density at radius 1 is 1.33 bits per heavy atom. The van der Waals surface area contributed by atoms with Crippen LogP contribution in [0, 0.1) is 0 Å². The van der Waals surface area contributed by atoms with Crippen LogP contribution in [0.3, 0.4) is 0 Å². The molecule has 3 nitrogen and oxygen atoms in total. The van der Waals surface area contributed by atoms with Crippen LogP contribution in [-0.2, 0) is 0 Å². The molecule has 2 aromatic rings. The second-order valence-electron chi connectivity index (χ2n) is 3.73. The van der Waals surface area contributed by atoms with Gasteiger partial charge >= 0.3 is 0 Å². The lowest BCUT2D eigenvalue weighted by Crippen LogP contribution is -2.25. The smallest absolute Gasteiger partial charge is 0.268 e. The molecule has 18 heavy (non-hydrogen) atoms. The maximum absolute atomic E-state index is 12.2. The molecule has 1 amide bonds. The molecule has 0 saturated heterocycles. The van der Waals surface area contributed by atoms with Crippen LogP contribution < -0.4 is 9.64 Å². The summed E-state index contributed by atoms with van der Waals surface area (Å²) < 4.78 is 5.09. The Bertz CT molecular complexity index is 548. The Morgan fingerprint density at radius 2 is 2.00 bits per heavy atom. The van der Waals surface area contributed by atoms with E-state index in [1.54, 1.807) is 25.1 Å². The van der Waals surface area contributed by atoms with Crippen molar-refractivity contribution in [2.45, 2.75) is 4.90 Å². The maximum Gasteiger partial charge on any atom is 0.268 e. The van der Waals surface area contributed by atoms with Gasteiger partial charge in [-0.2, -0.15) is 0 Å². The first-order chi connectivity index (χ1) is 8.61. The van der Waals surface area contributed by atoms with Crippen molar-refractivity contribution in [3.63, 3.8) is 0 Å². The van der Waals surface area contributed by atoms with Gasteiger partial charge in [-0.1, -0.05) is 0 Å². The minimum Gasteiger partial charge on any atom is -0.497 e. The lowest BCUT2D eigenvalue weighted by molar-refractivity contribution is 0.0996. The van der Waals surface area contributed by atoms with Crippen molar-refractivity contribution in [3.8, 4) is 5.75 Å². The molecule has 2 rings (SSSR count). The Hall–Kier alpha value is -1.46. The lowest BCUT2D eigenvalue weighted by Gasteiger charge is -2.16. The van der Waals surface area contributed by atoms with E-state index in [1.807, 2.05) is 29.6 Å². The minimum atomic E-state index is -0.0366. The summed E-state index contributed by atoms with van der Waals surface area (Å²) >= 11 is 5.60. The molecule has 5 heteroatoms. The number of methoxy groups -OCH3 is 1. The zero-order valence-corrected chi connectivity index (χ0v) is 11.8. The van der Waals surface area contributed by atoms with E-state index in [0.29, 0.717) is 4.88 Å². The van der Waals surface area contributed by atoms with Crippen LogP contribution in [-0.4, -0.2) is 20.1 Å². The fourth-order valence-corrected chi connectivity index (χ4v) is 2.65. The average molecular weight is 279 g/mol. The number of hydrogen-bond donors (Lipinski definition) is 1. The molecule has 0 aliphatic carbocycles. The third kappa shape index (κ3) is 2.68. The van der Waals surface area contributed by atoms with Gasteiger partial charge in [0.1, 0.15) is 5.75 Å². The normalized spacial score (nSPS) is 10.2. The number of hydrogen-bond acceptors (Lipinski definition) is 4. The summed E-state index contributed by atoms with van der Waals surface area (Å²) in [6.07, 6.45) is 0. The number of ether oxygens (including phenoxy) is 1. The number of carbonyl (C=O) groups is 1. The van der Waals surface area contributed by atoms with Crippen LogP contribution in [0.4, 0.5) is 5.69 Å². The van der Waals surface area contributed by atoms with Gasteiger partial charge in [-0.3, -0.25) is 4.79 Å². The van der Waals surface area contributed by atoms with E-state index in [-0.39, 0.29) is 5.91 Å². The summed E-state index contributed by atoms with van der Waals surface area (Å²) in [4.78, 5) is 15.3. The first-order valence-corrected chi connectivity index (χ1v) is 6.64. The number of nitrogens with zero attached hydrogens (tertiary/aromatic N) is 1. The van der Waals surface area contributed by atoms with Gasteiger partial charge in [0, 0.05) is 23.0 Å². The molecule has 0 radical (unpaired) electrons. The summed E-state index contributed by atoms with van der Waals surface area (Å²) in [7, 11) is 3.37. The van der Waals surface area contributed by atoms with Gasteiger partial charge < -0.3 is 9.64 Å². The molecule has 0 N–H and O–H groups in total. The third-order valence-electron chi connectivity index (χ3n) is 2.56. The van der Waals surface area contributed by atoms with E-state index in [2.05, 4.69) is 12.6 Å². The van der Waals surface area contributed by atoms with E-state index >= 15 is 0 Å². The predicted octanol–water partition coefficient (Wildman–Crippen LogP) is 3.32. The molecule has 0 aliphatic rings. The molecule has 1 aromatic carbocycles. The van der Waals surface area contributed by atoms with E-state index < -0.39 is 0 Å². The molecule has 1 aromatic heterocycles. The lowest BCUT2D eigenvalue weighted by atomic mass is 10.2. The van der Waals surface area contributed by atoms with Crippen molar-refractivity contribution >= 4 is 35.6 Å². The molecular formula is C13H13NO2S2. The van der Waals surface area contributed by atoms with Crippen LogP contribution in [0.1, 0.15) is 9.67 Å². The second kappa shape index (κ2) is 5.46. The van der Waals surface area contributed by atoms with E-state index in [9.17, 15) is 4.79 Å². The van der Waals surface area contributed by atoms with Crippen LogP contribution in [0.5, 0.6) is 5.75 Å². The Morgan fingerprint density at radius 3 is 2.50 bits per heavy atom. The highest BCUT2D eigenvalue weighted by Crippen LogP contribution is 2.23. The van der Waals surface area contributed by atoms with Gasteiger partial charge in [0.05, 0.1) is 12.0 Å². The number of amides is 1.